The molecule has 1 aliphatic rings. The lowest BCUT2D eigenvalue weighted by Crippen LogP contribution is -2.38. The maximum atomic E-state index is 11.2. The largest absolute Gasteiger partial charge is 0.494 e. The van der Waals surface area contributed by atoms with Crippen molar-refractivity contribution in [2.75, 3.05) is 17.7 Å². The van der Waals surface area contributed by atoms with Crippen LogP contribution in [-0.2, 0) is 4.79 Å². The van der Waals surface area contributed by atoms with E-state index >= 15 is 0 Å². The molecule has 0 aliphatic heterocycles. The molecular weight excluding hydrogens is 264 g/mol. The van der Waals surface area contributed by atoms with Crippen LogP contribution in [0.5, 0.6) is 5.75 Å². The maximum Gasteiger partial charge on any atom is 0.221 e. The summed E-state index contributed by atoms with van der Waals surface area (Å²) >= 11 is 0. The standard InChI is InChI=1S/C17H26N2O2/c1-12(20)18-14-9-8-13(11-15(14)21-4)19-16-7-5-6-10-17(16,2)3/h8-9,11,16,19H,5-7,10H2,1-4H3,(H,18,20). The van der Waals surface area contributed by atoms with Gasteiger partial charge in [-0.3, -0.25) is 4.79 Å². The summed E-state index contributed by atoms with van der Waals surface area (Å²) < 4.78 is 5.37. The van der Waals surface area contributed by atoms with Gasteiger partial charge in [0.2, 0.25) is 5.91 Å². The van der Waals surface area contributed by atoms with Crippen LogP contribution in [0.2, 0.25) is 0 Å². The van der Waals surface area contributed by atoms with Crippen molar-refractivity contribution < 1.29 is 9.53 Å². The summed E-state index contributed by atoms with van der Waals surface area (Å²) in [5.41, 5.74) is 2.06. The molecule has 4 nitrogen and oxygen atoms in total. The SMILES string of the molecule is COc1cc(NC2CCCCC2(C)C)ccc1NC(C)=O. The molecule has 21 heavy (non-hydrogen) atoms. The molecule has 0 aromatic heterocycles. The topological polar surface area (TPSA) is 50.4 Å². The zero-order valence-corrected chi connectivity index (χ0v) is 13.5. The van der Waals surface area contributed by atoms with Crippen LogP contribution >= 0.6 is 0 Å². The average molecular weight is 290 g/mol. The molecule has 4 heteroatoms. The van der Waals surface area contributed by atoms with Crippen molar-refractivity contribution >= 4 is 17.3 Å². The van der Waals surface area contributed by atoms with Crippen LogP contribution in [0.25, 0.3) is 0 Å². The predicted octanol–water partition coefficient (Wildman–Crippen LogP) is 4.03. The van der Waals surface area contributed by atoms with Gasteiger partial charge in [-0.25, -0.2) is 0 Å². The second-order valence-electron chi connectivity index (χ2n) is 6.53. The molecule has 0 spiro atoms. The highest BCUT2D eigenvalue weighted by Gasteiger charge is 2.32. The summed E-state index contributed by atoms with van der Waals surface area (Å²) in [7, 11) is 1.62. The van der Waals surface area contributed by atoms with E-state index < -0.39 is 0 Å². The Morgan fingerprint density at radius 3 is 2.71 bits per heavy atom. The summed E-state index contributed by atoms with van der Waals surface area (Å²) in [5.74, 6) is 0.589. The lowest BCUT2D eigenvalue weighted by atomic mass is 9.73. The van der Waals surface area contributed by atoms with Crippen molar-refractivity contribution in [2.24, 2.45) is 5.41 Å². The first-order valence-electron chi connectivity index (χ1n) is 7.64. The third-order valence-electron chi connectivity index (χ3n) is 4.36. The van der Waals surface area contributed by atoms with Gasteiger partial charge >= 0.3 is 0 Å². The molecule has 1 aromatic carbocycles. The van der Waals surface area contributed by atoms with Crippen LogP contribution in [0, 0.1) is 5.41 Å². The molecule has 0 bridgehead atoms. The normalized spacial score (nSPS) is 20.7. The molecule has 0 radical (unpaired) electrons. The molecule has 1 amide bonds. The molecule has 1 saturated carbocycles. The van der Waals surface area contributed by atoms with Crippen LogP contribution in [0.1, 0.15) is 46.5 Å². The Hall–Kier alpha value is -1.71. The Labute approximate surface area is 127 Å². The number of nitrogens with one attached hydrogen (secondary N) is 2. The molecule has 1 atom stereocenters. The van der Waals surface area contributed by atoms with Gasteiger partial charge in [0.25, 0.3) is 0 Å². The van der Waals surface area contributed by atoms with Crippen molar-refractivity contribution in [3.63, 3.8) is 0 Å². The molecule has 2 N–H and O–H groups in total. The van der Waals surface area contributed by atoms with E-state index in [1.165, 1.54) is 32.6 Å². The average Bonchev–Trinajstić information content (AvgIpc) is 2.42. The third kappa shape index (κ3) is 3.90. The number of hydrogen-bond acceptors (Lipinski definition) is 3. The van der Waals surface area contributed by atoms with Gasteiger partial charge in [0, 0.05) is 24.7 Å². The van der Waals surface area contributed by atoms with Gasteiger partial charge < -0.3 is 15.4 Å². The van der Waals surface area contributed by atoms with Crippen molar-refractivity contribution in [3.8, 4) is 5.75 Å². The summed E-state index contributed by atoms with van der Waals surface area (Å²) in [4.78, 5) is 11.2. The molecule has 2 rings (SSSR count). The zero-order chi connectivity index (χ0) is 15.5. The van der Waals surface area contributed by atoms with Gasteiger partial charge in [-0.05, 0) is 30.4 Å². The molecule has 116 valence electrons. The molecule has 0 saturated heterocycles. The first-order chi connectivity index (χ1) is 9.92. The number of carbonyl (C=O) groups is 1. The van der Waals surface area contributed by atoms with Gasteiger partial charge in [-0.1, -0.05) is 26.7 Å². The number of ether oxygens (including phenoxy) is 1. The lowest BCUT2D eigenvalue weighted by molar-refractivity contribution is -0.114. The molecule has 1 fully saturated rings. The van der Waals surface area contributed by atoms with Gasteiger partial charge in [-0.2, -0.15) is 0 Å². The van der Waals surface area contributed by atoms with Gasteiger partial charge in [0.05, 0.1) is 12.8 Å². The Morgan fingerprint density at radius 1 is 1.33 bits per heavy atom. The van der Waals surface area contributed by atoms with E-state index in [0.717, 1.165) is 5.69 Å². The van der Waals surface area contributed by atoms with Gasteiger partial charge in [0.1, 0.15) is 5.75 Å². The van der Waals surface area contributed by atoms with Crippen LogP contribution in [0.3, 0.4) is 0 Å². The lowest BCUT2D eigenvalue weighted by Gasteiger charge is -2.39. The van der Waals surface area contributed by atoms with E-state index in [1.807, 2.05) is 18.2 Å². The smallest absolute Gasteiger partial charge is 0.221 e. The quantitative estimate of drug-likeness (QED) is 0.880. The molecule has 1 aromatic rings. The highest BCUT2D eigenvalue weighted by Crippen LogP contribution is 2.38. The van der Waals surface area contributed by atoms with E-state index in [9.17, 15) is 4.79 Å². The Balaban J connectivity index is 2.15. The first-order valence-corrected chi connectivity index (χ1v) is 7.64. The summed E-state index contributed by atoms with van der Waals surface area (Å²) in [6, 6.07) is 6.31. The number of carbonyl (C=O) groups excluding carboxylic acids is 1. The van der Waals surface area contributed by atoms with Crippen LogP contribution in [0.15, 0.2) is 18.2 Å². The predicted molar refractivity (Wildman–Crippen MR) is 87.0 cm³/mol. The third-order valence-corrected chi connectivity index (χ3v) is 4.36. The second-order valence-corrected chi connectivity index (χ2v) is 6.53. The molecular formula is C17H26N2O2. The Kier molecular flexibility index (Phi) is 4.76. The minimum atomic E-state index is -0.0950. The van der Waals surface area contributed by atoms with E-state index in [0.29, 0.717) is 22.9 Å². The molecule has 0 heterocycles. The van der Waals surface area contributed by atoms with Gasteiger partial charge in [0.15, 0.2) is 0 Å². The number of benzene rings is 1. The number of amides is 1. The van der Waals surface area contributed by atoms with Crippen molar-refractivity contribution in [1.82, 2.24) is 0 Å². The molecule has 1 aliphatic carbocycles. The fourth-order valence-corrected chi connectivity index (χ4v) is 3.04. The first kappa shape index (κ1) is 15.7. The maximum absolute atomic E-state index is 11.2. The second kappa shape index (κ2) is 6.37. The van der Waals surface area contributed by atoms with Crippen LogP contribution < -0.4 is 15.4 Å². The van der Waals surface area contributed by atoms with E-state index in [-0.39, 0.29) is 5.91 Å². The number of rotatable bonds is 4. The van der Waals surface area contributed by atoms with Crippen molar-refractivity contribution in [2.45, 2.75) is 52.5 Å². The summed E-state index contributed by atoms with van der Waals surface area (Å²) in [6.45, 7) is 6.15. The van der Waals surface area contributed by atoms with Crippen molar-refractivity contribution in [3.05, 3.63) is 18.2 Å². The number of methoxy groups -OCH3 is 1. The Bertz CT molecular complexity index is 512. The monoisotopic (exact) mass is 290 g/mol. The molecule has 1 unspecified atom stereocenters. The number of hydrogen-bond donors (Lipinski definition) is 2. The van der Waals surface area contributed by atoms with E-state index in [2.05, 4.69) is 24.5 Å². The fraction of sp³-hybridized carbons (Fsp3) is 0.588. The van der Waals surface area contributed by atoms with E-state index in [4.69, 9.17) is 4.74 Å². The summed E-state index contributed by atoms with van der Waals surface area (Å²) in [5, 5.41) is 6.41. The Morgan fingerprint density at radius 2 is 2.10 bits per heavy atom. The van der Waals surface area contributed by atoms with Gasteiger partial charge in [-0.15, -0.1) is 0 Å². The highest BCUT2D eigenvalue weighted by molar-refractivity contribution is 5.90. The van der Waals surface area contributed by atoms with Crippen molar-refractivity contribution in [1.29, 1.82) is 0 Å². The van der Waals surface area contributed by atoms with Crippen LogP contribution in [0.4, 0.5) is 11.4 Å². The minimum Gasteiger partial charge on any atom is -0.494 e. The summed E-state index contributed by atoms with van der Waals surface area (Å²) in [6.07, 6.45) is 5.05. The zero-order valence-electron chi connectivity index (χ0n) is 13.5. The fourth-order valence-electron chi connectivity index (χ4n) is 3.04. The van der Waals surface area contributed by atoms with Crippen LogP contribution in [-0.4, -0.2) is 19.1 Å². The van der Waals surface area contributed by atoms with E-state index in [1.54, 1.807) is 7.11 Å². The highest BCUT2D eigenvalue weighted by atomic mass is 16.5. The number of anilines is 2. The minimum absolute atomic E-state index is 0.0950.